The van der Waals surface area contributed by atoms with Gasteiger partial charge < -0.3 is 15.1 Å². The highest BCUT2D eigenvalue weighted by Gasteiger charge is 2.26. The minimum Gasteiger partial charge on any atom is -0.469 e. The smallest absolute Gasteiger partial charge is 0.319 e. The molecule has 0 aliphatic heterocycles. The Labute approximate surface area is 138 Å². The van der Waals surface area contributed by atoms with E-state index in [4.69, 9.17) is 27.6 Å². The van der Waals surface area contributed by atoms with Crippen molar-refractivity contribution in [3.63, 3.8) is 0 Å². The largest absolute Gasteiger partial charge is 0.469 e. The van der Waals surface area contributed by atoms with Gasteiger partial charge in [0, 0.05) is 17.7 Å². The molecule has 0 fully saturated rings. The van der Waals surface area contributed by atoms with Crippen molar-refractivity contribution < 1.29 is 9.21 Å². The number of nitrogens with one attached hydrogen (secondary N) is 2. The van der Waals surface area contributed by atoms with Gasteiger partial charge in [0.1, 0.15) is 5.76 Å². The third-order valence-corrected chi connectivity index (χ3v) is 4.57. The average molecular weight is 339 g/mol. The Morgan fingerprint density at radius 2 is 2.14 bits per heavy atom. The molecular formula is C16H16Cl2N2O2. The van der Waals surface area contributed by atoms with Gasteiger partial charge in [-0.25, -0.2) is 4.79 Å². The van der Waals surface area contributed by atoms with Gasteiger partial charge in [0.15, 0.2) is 0 Å². The van der Waals surface area contributed by atoms with E-state index in [0.29, 0.717) is 15.7 Å². The molecule has 3 rings (SSSR count). The van der Waals surface area contributed by atoms with Crippen LogP contribution in [0.2, 0.25) is 10.0 Å². The molecule has 2 amide bonds. The summed E-state index contributed by atoms with van der Waals surface area (Å²) in [6.07, 6.45) is 4.58. The standard InChI is InChI=1S/C16H16Cl2N2O2/c1-9-8-22-14-4-2-3-13(15(9)14)20-16(21)19-10-5-6-11(17)12(18)7-10/h5-8,13H,2-4H2,1H3,(H2,19,20,21). The van der Waals surface area contributed by atoms with Crippen LogP contribution in [0.15, 0.2) is 28.9 Å². The van der Waals surface area contributed by atoms with E-state index in [1.807, 2.05) is 6.92 Å². The van der Waals surface area contributed by atoms with Crippen LogP contribution in [0.25, 0.3) is 0 Å². The van der Waals surface area contributed by atoms with Gasteiger partial charge in [-0.2, -0.15) is 0 Å². The fourth-order valence-electron chi connectivity index (χ4n) is 2.82. The Morgan fingerprint density at radius 1 is 1.32 bits per heavy atom. The summed E-state index contributed by atoms with van der Waals surface area (Å²) >= 11 is 11.8. The Morgan fingerprint density at radius 3 is 2.91 bits per heavy atom. The molecule has 1 aliphatic carbocycles. The fourth-order valence-corrected chi connectivity index (χ4v) is 3.12. The van der Waals surface area contributed by atoms with E-state index in [9.17, 15) is 4.79 Å². The summed E-state index contributed by atoms with van der Waals surface area (Å²) in [7, 11) is 0. The third kappa shape index (κ3) is 3.08. The van der Waals surface area contributed by atoms with E-state index >= 15 is 0 Å². The number of amides is 2. The highest BCUT2D eigenvalue weighted by molar-refractivity contribution is 6.42. The zero-order valence-electron chi connectivity index (χ0n) is 12.1. The number of carbonyl (C=O) groups is 1. The van der Waals surface area contributed by atoms with E-state index in [1.165, 1.54) is 0 Å². The summed E-state index contributed by atoms with van der Waals surface area (Å²) in [5.74, 6) is 0.976. The first-order valence-electron chi connectivity index (χ1n) is 7.14. The van der Waals surface area contributed by atoms with Gasteiger partial charge >= 0.3 is 6.03 Å². The summed E-state index contributed by atoms with van der Waals surface area (Å²) in [6, 6.07) is 4.70. The normalized spacial score (nSPS) is 17.0. The minimum absolute atomic E-state index is 0.0229. The van der Waals surface area contributed by atoms with Gasteiger partial charge in [-0.1, -0.05) is 23.2 Å². The molecule has 0 bridgehead atoms. The number of urea groups is 1. The summed E-state index contributed by atoms with van der Waals surface area (Å²) in [5, 5.41) is 6.64. The lowest BCUT2D eigenvalue weighted by atomic mass is 9.91. The van der Waals surface area contributed by atoms with Crippen molar-refractivity contribution in [3.05, 3.63) is 51.4 Å². The number of halogens is 2. The highest BCUT2D eigenvalue weighted by Crippen LogP contribution is 2.33. The Balaban J connectivity index is 1.70. The topological polar surface area (TPSA) is 54.3 Å². The van der Waals surface area contributed by atoms with Crippen LogP contribution in [0.3, 0.4) is 0 Å². The van der Waals surface area contributed by atoms with Crippen LogP contribution in [0.1, 0.15) is 35.8 Å². The van der Waals surface area contributed by atoms with Crippen molar-refractivity contribution in [3.8, 4) is 0 Å². The summed E-state index contributed by atoms with van der Waals surface area (Å²) < 4.78 is 5.54. The molecule has 2 N–H and O–H groups in total. The second-order valence-electron chi connectivity index (χ2n) is 5.43. The molecule has 1 aromatic carbocycles. The van der Waals surface area contributed by atoms with Gasteiger partial charge in [0.25, 0.3) is 0 Å². The molecule has 6 heteroatoms. The number of furan rings is 1. The molecule has 22 heavy (non-hydrogen) atoms. The summed E-state index contributed by atoms with van der Waals surface area (Å²) in [5.41, 5.74) is 2.79. The SMILES string of the molecule is Cc1coc2c1C(NC(=O)Nc1ccc(Cl)c(Cl)c1)CCC2. The second kappa shape index (κ2) is 6.23. The summed E-state index contributed by atoms with van der Waals surface area (Å²) in [4.78, 5) is 12.2. The summed E-state index contributed by atoms with van der Waals surface area (Å²) in [6.45, 7) is 2.00. The molecule has 1 unspecified atom stereocenters. The maximum Gasteiger partial charge on any atom is 0.319 e. The molecule has 1 atom stereocenters. The van der Waals surface area contributed by atoms with Crippen molar-refractivity contribution in [2.45, 2.75) is 32.2 Å². The van der Waals surface area contributed by atoms with Gasteiger partial charge in [0.05, 0.1) is 22.4 Å². The second-order valence-corrected chi connectivity index (χ2v) is 6.24. The molecule has 1 aliphatic rings. The van der Waals surface area contributed by atoms with E-state index in [2.05, 4.69) is 10.6 Å². The maximum atomic E-state index is 12.2. The number of hydrogen-bond acceptors (Lipinski definition) is 2. The molecule has 1 heterocycles. The van der Waals surface area contributed by atoms with Crippen molar-refractivity contribution in [2.24, 2.45) is 0 Å². The van der Waals surface area contributed by atoms with Crippen LogP contribution in [-0.4, -0.2) is 6.03 Å². The number of anilines is 1. The number of benzene rings is 1. The maximum absolute atomic E-state index is 12.2. The first-order chi connectivity index (χ1) is 10.5. The van der Waals surface area contributed by atoms with Crippen LogP contribution in [-0.2, 0) is 6.42 Å². The lowest BCUT2D eigenvalue weighted by Gasteiger charge is -2.24. The van der Waals surface area contributed by atoms with Crippen molar-refractivity contribution >= 4 is 34.9 Å². The number of fused-ring (bicyclic) bond motifs is 1. The minimum atomic E-state index is -0.267. The molecule has 0 saturated carbocycles. The lowest BCUT2D eigenvalue weighted by molar-refractivity contribution is 0.246. The molecule has 116 valence electrons. The van der Waals surface area contributed by atoms with Crippen LogP contribution in [0.4, 0.5) is 10.5 Å². The van der Waals surface area contributed by atoms with E-state index in [1.54, 1.807) is 24.5 Å². The monoisotopic (exact) mass is 338 g/mol. The molecule has 4 nitrogen and oxygen atoms in total. The molecule has 2 aromatic rings. The van der Waals surface area contributed by atoms with E-state index in [0.717, 1.165) is 36.1 Å². The van der Waals surface area contributed by atoms with Crippen LogP contribution in [0.5, 0.6) is 0 Å². The predicted molar refractivity (Wildman–Crippen MR) is 87.7 cm³/mol. The van der Waals surface area contributed by atoms with Crippen LogP contribution in [0, 0.1) is 6.92 Å². The molecule has 0 radical (unpaired) electrons. The Bertz CT molecular complexity index is 712. The van der Waals surface area contributed by atoms with Crippen molar-refractivity contribution in [1.82, 2.24) is 5.32 Å². The highest BCUT2D eigenvalue weighted by atomic mass is 35.5. The number of carbonyl (C=O) groups excluding carboxylic acids is 1. The Hall–Kier alpha value is -1.65. The quantitative estimate of drug-likeness (QED) is 0.800. The first-order valence-corrected chi connectivity index (χ1v) is 7.89. The van der Waals surface area contributed by atoms with E-state index < -0.39 is 0 Å². The zero-order valence-corrected chi connectivity index (χ0v) is 13.6. The van der Waals surface area contributed by atoms with Crippen LogP contribution >= 0.6 is 23.2 Å². The van der Waals surface area contributed by atoms with Gasteiger partial charge in [-0.3, -0.25) is 0 Å². The van der Waals surface area contributed by atoms with Gasteiger partial charge in [-0.15, -0.1) is 0 Å². The predicted octanol–water partition coefficient (Wildman–Crippen LogP) is 5.09. The first kappa shape index (κ1) is 15.3. The van der Waals surface area contributed by atoms with Gasteiger partial charge in [-0.05, 0) is 43.5 Å². The van der Waals surface area contributed by atoms with Crippen molar-refractivity contribution in [2.75, 3.05) is 5.32 Å². The van der Waals surface area contributed by atoms with Crippen LogP contribution < -0.4 is 10.6 Å². The number of hydrogen-bond donors (Lipinski definition) is 2. The van der Waals surface area contributed by atoms with Crippen molar-refractivity contribution in [1.29, 1.82) is 0 Å². The van der Waals surface area contributed by atoms with Gasteiger partial charge in [0.2, 0.25) is 0 Å². The number of rotatable bonds is 2. The molecular weight excluding hydrogens is 323 g/mol. The average Bonchev–Trinajstić information content (AvgIpc) is 2.86. The van der Waals surface area contributed by atoms with E-state index in [-0.39, 0.29) is 12.1 Å². The molecule has 1 aromatic heterocycles. The molecule has 0 spiro atoms. The third-order valence-electron chi connectivity index (χ3n) is 3.83. The fraction of sp³-hybridized carbons (Fsp3) is 0.312. The molecule has 0 saturated heterocycles. The number of aryl methyl sites for hydroxylation is 2. The lowest BCUT2D eigenvalue weighted by Crippen LogP contribution is -2.34. The Kier molecular flexibility index (Phi) is 4.32. The zero-order chi connectivity index (χ0) is 15.7.